The number of aromatic nitrogens is 2. The second kappa shape index (κ2) is 5.76. The number of aromatic amines is 1. The van der Waals surface area contributed by atoms with Gasteiger partial charge >= 0.3 is 0 Å². The number of benzene rings is 1. The number of hydrogen-bond acceptors (Lipinski definition) is 3. The molecular formula is C19H20N4O. The molecule has 1 aromatic carbocycles. The number of nitrogens with one attached hydrogen (secondary N) is 2. The lowest BCUT2D eigenvalue weighted by molar-refractivity contribution is 0.102. The van der Waals surface area contributed by atoms with Crippen LogP contribution in [0.15, 0.2) is 48.8 Å². The summed E-state index contributed by atoms with van der Waals surface area (Å²) in [7, 11) is 0. The number of nitrogens with zero attached hydrogens (tertiary/aromatic N) is 1. The monoisotopic (exact) mass is 320 g/mol. The molecule has 0 aliphatic heterocycles. The molecule has 24 heavy (non-hydrogen) atoms. The maximum atomic E-state index is 12.5. The minimum atomic E-state index is -0.118. The fourth-order valence-corrected chi connectivity index (χ4v) is 2.89. The Balaban J connectivity index is 1.45. The van der Waals surface area contributed by atoms with Crippen LogP contribution in [0.1, 0.15) is 35.2 Å². The van der Waals surface area contributed by atoms with E-state index in [9.17, 15) is 4.79 Å². The molecule has 4 N–H and O–H groups in total. The van der Waals surface area contributed by atoms with Gasteiger partial charge in [-0.05, 0) is 55.5 Å². The summed E-state index contributed by atoms with van der Waals surface area (Å²) in [6.07, 6.45) is 7.73. The number of rotatable bonds is 5. The standard InChI is InChI=1S/C19H20N4O/c20-19(9-10-19)8-5-13-1-3-14(4-2-13)18(24)23-16-7-12-22-17-15(16)6-11-21-17/h1-4,6-7,11-12H,5,8-10,20H2,(H2,21,22,23,24). The molecule has 0 unspecified atom stereocenters. The van der Waals surface area contributed by atoms with Gasteiger partial charge in [-0.2, -0.15) is 0 Å². The number of carbonyl (C=O) groups is 1. The average molecular weight is 320 g/mol. The molecule has 0 atom stereocenters. The van der Waals surface area contributed by atoms with Crippen molar-refractivity contribution in [3.05, 3.63) is 59.9 Å². The normalized spacial score (nSPS) is 15.4. The van der Waals surface area contributed by atoms with Crippen molar-refractivity contribution < 1.29 is 4.79 Å². The molecule has 5 heteroatoms. The summed E-state index contributed by atoms with van der Waals surface area (Å²) in [5.41, 5.74) is 9.58. The van der Waals surface area contributed by atoms with E-state index >= 15 is 0 Å². The first-order valence-corrected chi connectivity index (χ1v) is 8.24. The first-order valence-electron chi connectivity index (χ1n) is 8.24. The molecule has 5 nitrogen and oxygen atoms in total. The van der Waals surface area contributed by atoms with Crippen LogP contribution in [0.4, 0.5) is 5.69 Å². The van der Waals surface area contributed by atoms with Crippen molar-refractivity contribution in [2.24, 2.45) is 5.73 Å². The molecular weight excluding hydrogens is 300 g/mol. The number of carbonyl (C=O) groups excluding carboxylic acids is 1. The number of nitrogens with two attached hydrogens (primary N) is 1. The van der Waals surface area contributed by atoms with Gasteiger partial charge < -0.3 is 16.0 Å². The summed E-state index contributed by atoms with van der Waals surface area (Å²) in [5.74, 6) is -0.118. The lowest BCUT2D eigenvalue weighted by Gasteiger charge is -2.09. The molecule has 3 aromatic rings. The average Bonchev–Trinajstić information content (AvgIpc) is 3.13. The highest BCUT2D eigenvalue weighted by molar-refractivity contribution is 6.08. The summed E-state index contributed by atoms with van der Waals surface area (Å²) < 4.78 is 0. The molecule has 4 rings (SSSR count). The fraction of sp³-hybridized carbons (Fsp3) is 0.263. The third-order valence-electron chi connectivity index (χ3n) is 4.73. The molecule has 1 aliphatic carbocycles. The van der Waals surface area contributed by atoms with Gasteiger partial charge in [0.15, 0.2) is 0 Å². The molecule has 1 aliphatic rings. The number of amides is 1. The fourth-order valence-electron chi connectivity index (χ4n) is 2.89. The minimum Gasteiger partial charge on any atom is -0.346 e. The van der Waals surface area contributed by atoms with Crippen LogP contribution in [0.3, 0.4) is 0 Å². The maximum absolute atomic E-state index is 12.5. The SMILES string of the molecule is NC1(CCc2ccc(C(=O)Nc3ccnc4[nH]ccc34)cc2)CC1. The Kier molecular flexibility index (Phi) is 3.58. The first kappa shape index (κ1) is 14.9. The number of hydrogen-bond donors (Lipinski definition) is 3. The summed E-state index contributed by atoms with van der Waals surface area (Å²) >= 11 is 0. The van der Waals surface area contributed by atoms with Crippen molar-refractivity contribution in [3.63, 3.8) is 0 Å². The summed E-state index contributed by atoms with van der Waals surface area (Å²) in [6.45, 7) is 0. The van der Waals surface area contributed by atoms with E-state index in [4.69, 9.17) is 5.73 Å². The van der Waals surface area contributed by atoms with E-state index in [0.29, 0.717) is 5.56 Å². The van der Waals surface area contributed by atoms with Gasteiger partial charge in [0, 0.05) is 28.9 Å². The zero-order chi connectivity index (χ0) is 16.6. The summed E-state index contributed by atoms with van der Waals surface area (Å²) in [4.78, 5) is 19.7. The predicted octanol–water partition coefficient (Wildman–Crippen LogP) is 3.24. The molecule has 2 aromatic heterocycles. The van der Waals surface area contributed by atoms with E-state index in [0.717, 1.165) is 42.4 Å². The van der Waals surface area contributed by atoms with E-state index in [1.54, 1.807) is 12.3 Å². The lowest BCUT2D eigenvalue weighted by Crippen LogP contribution is -2.22. The number of fused-ring (bicyclic) bond motifs is 1. The predicted molar refractivity (Wildman–Crippen MR) is 95.0 cm³/mol. The number of aryl methyl sites for hydroxylation is 1. The zero-order valence-corrected chi connectivity index (χ0v) is 13.4. The summed E-state index contributed by atoms with van der Waals surface area (Å²) in [5, 5.41) is 3.86. The molecule has 122 valence electrons. The van der Waals surface area contributed by atoms with Crippen LogP contribution in [0, 0.1) is 0 Å². The van der Waals surface area contributed by atoms with Gasteiger partial charge in [-0.1, -0.05) is 12.1 Å². The van der Waals surface area contributed by atoms with Crippen LogP contribution >= 0.6 is 0 Å². The van der Waals surface area contributed by atoms with Crippen molar-refractivity contribution in [1.82, 2.24) is 9.97 Å². The molecule has 2 heterocycles. The zero-order valence-electron chi connectivity index (χ0n) is 13.4. The minimum absolute atomic E-state index is 0.0688. The van der Waals surface area contributed by atoms with Crippen LogP contribution in [-0.4, -0.2) is 21.4 Å². The molecule has 1 saturated carbocycles. The second-order valence-corrected chi connectivity index (χ2v) is 6.61. The van der Waals surface area contributed by atoms with E-state index in [1.807, 2.05) is 36.5 Å². The Labute approximate surface area is 140 Å². The van der Waals surface area contributed by atoms with Crippen molar-refractivity contribution in [2.75, 3.05) is 5.32 Å². The third kappa shape index (κ3) is 3.03. The smallest absolute Gasteiger partial charge is 0.255 e. The van der Waals surface area contributed by atoms with Gasteiger partial charge in [0.2, 0.25) is 0 Å². The van der Waals surface area contributed by atoms with Gasteiger partial charge in [0.1, 0.15) is 5.65 Å². The van der Waals surface area contributed by atoms with Crippen molar-refractivity contribution in [2.45, 2.75) is 31.2 Å². The van der Waals surface area contributed by atoms with Crippen molar-refractivity contribution in [1.29, 1.82) is 0 Å². The molecule has 1 amide bonds. The highest BCUT2D eigenvalue weighted by atomic mass is 16.1. The molecule has 0 spiro atoms. The maximum Gasteiger partial charge on any atom is 0.255 e. The van der Waals surface area contributed by atoms with Crippen LogP contribution in [0.25, 0.3) is 11.0 Å². The second-order valence-electron chi connectivity index (χ2n) is 6.61. The van der Waals surface area contributed by atoms with Crippen LogP contribution < -0.4 is 11.1 Å². The Morgan fingerprint density at radius 1 is 1.21 bits per heavy atom. The first-order chi connectivity index (χ1) is 11.6. The van der Waals surface area contributed by atoms with Gasteiger partial charge in [-0.25, -0.2) is 4.98 Å². The molecule has 0 radical (unpaired) electrons. The van der Waals surface area contributed by atoms with E-state index < -0.39 is 0 Å². The molecule has 0 bridgehead atoms. The van der Waals surface area contributed by atoms with E-state index in [2.05, 4.69) is 15.3 Å². The van der Waals surface area contributed by atoms with Gasteiger partial charge in [0.25, 0.3) is 5.91 Å². The van der Waals surface area contributed by atoms with Crippen molar-refractivity contribution >= 4 is 22.6 Å². The Morgan fingerprint density at radius 3 is 2.75 bits per heavy atom. The Morgan fingerprint density at radius 2 is 2.00 bits per heavy atom. The topological polar surface area (TPSA) is 83.8 Å². The van der Waals surface area contributed by atoms with Gasteiger partial charge in [-0.15, -0.1) is 0 Å². The number of pyridine rings is 1. The largest absolute Gasteiger partial charge is 0.346 e. The number of H-pyrrole nitrogens is 1. The quantitative estimate of drug-likeness (QED) is 0.675. The molecule has 0 saturated heterocycles. The lowest BCUT2D eigenvalue weighted by atomic mass is 10.0. The Bertz CT molecular complexity index is 878. The van der Waals surface area contributed by atoms with Gasteiger partial charge in [-0.3, -0.25) is 4.79 Å². The summed E-state index contributed by atoms with van der Waals surface area (Å²) in [6, 6.07) is 11.5. The van der Waals surface area contributed by atoms with Crippen molar-refractivity contribution in [3.8, 4) is 0 Å². The van der Waals surface area contributed by atoms with Crippen LogP contribution in [0.5, 0.6) is 0 Å². The number of anilines is 1. The van der Waals surface area contributed by atoms with E-state index in [-0.39, 0.29) is 11.4 Å². The van der Waals surface area contributed by atoms with E-state index in [1.165, 1.54) is 5.56 Å². The molecule has 1 fully saturated rings. The highest BCUT2D eigenvalue weighted by Gasteiger charge is 2.37. The Hall–Kier alpha value is -2.66. The van der Waals surface area contributed by atoms with Crippen LogP contribution in [0.2, 0.25) is 0 Å². The highest BCUT2D eigenvalue weighted by Crippen LogP contribution is 2.36. The van der Waals surface area contributed by atoms with Gasteiger partial charge in [0.05, 0.1) is 5.69 Å². The van der Waals surface area contributed by atoms with Crippen LogP contribution in [-0.2, 0) is 6.42 Å². The third-order valence-corrected chi connectivity index (χ3v) is 4.73.